The molecular formula is C14H20N2O2S3. The Bertz CT molecular complexity index is 660. The summed E-state index contributed by atoms with van der Waals surface area (Å²) >= 11 is 2.82. The third-order valence-electron chi connectivity index (χ3n) is 2.98. The van der Waals surface area contributed by atoms with Gasteiger partial charge < -0.3 is 5.32 Å². The van der Waals surface area contributed by atoms with Crippen LogP contribution in [0, 0.1) is 0 Å². The van der Waals surface area contributed by atoms with Crippen LogP contribution < -0.4 is 10.0 Å². The molecule has 1 atom stereocenters. The van der Waals surface area contributed by atoms with Crippen molar-refractivity contribution < 1.29 is 8.42 Å². The van der Waals surface area contributed by atoms with Gasteiger partial charge in [-0.2, -0.15) is 11.3 Å². The quantitative estimate of drug-likeness (QED) is 0.810. The molecule has 2 heterocycles. The van der Waals surface area contributed by atoms with Crippen LogP contribution in [0.4, 0.5) is 0 Å². The van der Waals surface area contributed by atoms with Crippen LogP contribution in [0.3, 0.4) is 0 Å². The molecule has 0 aliphatic carbocycles. The van der Waals surface area contributed by atoms with Gasteiger partial charge in [0.25, 0.3) is 10.0 Å². The summed E-state index contributed by atoms with van der Waals surface area (Å²) in [5.41, 5.74) is 1.99. The second-order valence-electron chi connectivity index (χ2n) is 5.21. The summed E-state index contributed by atoms with van der Waals surface area (Å²) in [4.78, 5) is 0. The minimum atomic E-state index is -3.46. The van der Waals surface area contributed by atoms with E-state index >= 15 is 0 Å². The molecule has 21 heavy (non-hydrogen) atoms. The fourth-order valence-corrected chi connectivity index (χ4v) is 5.00. The molecule has 4 nitrogen and oxygen atoms in total. The van der Waals surface area contributed by atoms with Gasteiger partial charge in [0, 0.05) is 18.6 Å². The molecule has 2 N–H and O–H groups in total. The van der Waals surface area contributed by atoms with Crippen LogP contribution in [-0.4, -0.2) is 14.5 Å². The van der Waals surface area contributed by atoms with Crippen LogP contribution in [0.5, 0.6) is 0 Å². The number of hydrogen-bond donors (Lipinski definition) is 2. The molecule has 0 radical (unpaired) electrons. The monoisotopic (exact) mass is 344 g/mol. The van der Waals surface area contributed by atoms with Crippen molar-refractivity contribution in [1.29, 1.82) is 0 Å². The maximum atomic E-state index is 12.4. The Morgan fingerprint density at radius 2 is 2.00 bits per heavy atom. The van der Waals surface area contributed by atoms with E-state index in [9.17, 15) is 8.42 Å². The van der Waals surface area contributed by atoms with Gasteiger partial charge in [-0.25, -0.2) is 13.1 Å². The largest absolute Gasteiger partial charge is 0.310 e. The number of thiophene rings is 2. The normalized spacial score (nSPS) is 13.7. The number of nitrogens with one attached hydrogen (secondary N) is 2. The molecule has 0 saturated heterocycles. The van der Waals surface area contributed by atoms with Crippen molar-refractivity contribution in [2.75, 3.05) is 0 Å². The summed E-state index contributed by atoms with van der Waals surface area (Å²) in [7, 11) is -3.46. The first-order chi connectivity index (χ1) is 9.88. The van der Waals surface area contributed by atoms with Gasteiger partial charge in [-0.05, 0) is 46.3 Å². The second kappa shape index (κ2) is 7.02. The fraction of sp³-hybridized carbons (Fsp3) is 0.429. The van der Waals surface area contributed by atoms with Crippen molar-refractivity contribution in [2.24, 2.45) is 0 Å². The molecule has 2 aromatic rings. The fourth-order valence-electron chi connectivity index (χ4n) is 1.79. The van der Waals surface area contributed by atoms with Crippen LogP contribution >= 0.6 is 22.7 Å². The van der Waals surface area contributed by atoms with E-state index in [1.54, 1.807) is 17.4 Å². The lowest BCUT2D eigenvalue weighted by atomic mass is 10.2. The first kappa shape index (κ1) is 16.6. The highest BCUT2D eigenvalue weighted by atomic mass is 32.2. The molecule has 0 bridgehead atoms. The van der Waals surface area contributed by atoms with E-state index in [1.165, 1.54) is 11.3 Å². The number of rotatable bonds is 7. The Kier molecular flexibility index (Phi) is 5.56. The molecule has 0 aromatic carbocycles. The maximum Gasteiger partial charge on any atom is 0.250 e. The van der Waals surface area contributed by atoms with Gasteiger partial charge in [0.2, 0.25) is 0 Å². The van der Waals surface area contributed by atoms with Crippen molar-refractivity contribution in [3.8, 4) is 0 Å². The molecule has 0 aliphatic heterocycles. The van der Waals surface area contributed by atoms with Gasteiger partial charge in [0.05, 0.1) is 0 Å². The first-order valence-corrected chi connectivity index (χ1v) is 10.0. The highest BCUT2D eigenvalue weighted by molar-refractivity contribution is 7.91. The SMILES string of the molecule is CC(C)NCc1csc(S(=O)(=O)NC(C)c2ccsc2)c1. The summed E-state index contributed by atoms with van der Waals surface area (Å²) < 4.78 is 27.8. The van der Waals surface area contributed by atoms with Gasteiger partial charge >= 0.3 is 0 Å². The molecule has 2 rings (SSSR count). The van der Waals surface area contributed by atoms with Gasteiger partial charge in [0.15, 0.2) is 0 Å². The number of sulfonamides is 1. The Hall–Kier alpha value is -0.730. The summed E-state index contributed by atoms with van der Waals surface area (Å²) in [6, 6.07) is 3.83. The van der Waals surface area contributed by atoms with Crippen molar-refractivity contribution in [3.63, 3.8) is 0 Å². The topological polar surface area (TPSA) is 58.2 Å². The number of hydrogen-bond acceptors (Lipinski definition) is 5. The van der Waals surface area contributed by atoms with Crippen LogP contribution in [0.2, 0.25) is 0 Å². The Morgan fingerprint density at radius 3 is 2.62 bits per heavy atom. The predicted molar refractivity (Wildman–Crippen MR) is 89.4 cm³/mol. The molecule has 116 valence electrons. The van der Waals surface area contributed by atoms with E-state index in [-0.39, 0.29) is 6.04 Å². The van der Waals surface area contributed by atoms with Crippen molar-refractivity contribution >= 4 is 32.7 Å². The van der Waals surface area contributed by atoms with E-state index in [4.69, 9.17) is 0 Å². The third-order valence-corrected chi connectivity index (χ3v) is 6.71. The average Bonchev–Trinajstić information content (AvgIpc) is 3.07. The van der Waals surface area contributed by atoms with Crippen molar-refractivity contribution in [3.05, 3.63) is 39.4 Å². The zero-order valence-corrected chi connectivity index (χ0v) is 14.7. The summed E-state index contributed by atoms with van der Waals surface area (Å²) in [5, 5.41) is 9.07. The van der Waals surface area contributed by atoms with Crippen molar-refractivity contribution in [2.45, 2.75) is 43.6 Å². The molecule has 0 amide bonds. The zero-order chi connectivity index (χ0) is 15.5. The summed E-state index contributed by atoms with van der Waals surface area (Å²) in [6.07, 6.45) is 0. The summed E-state index contributed by atoms with van der Waals surface area (Å²) in [5.74, 6) is 0. The molecule has 0 aliphatic rings. The first-order valence-electron chi connectivity index (χ1n) is 6.73. The van der Waals surface area contributed by atoms with Gasteiger partial charge in [-0.1, -0.05) is 13.8 Å². The Balaban J connectivity index is 2.05. The minimum Gasteiger partial charge on any atom is -0.310 e. The molecule has 2 aromatic heterocycles. The summed E-state index contributed by atoms with van der Waals surface area (Å²) in [6.45, 7) is 6.67. The smallest absolute Gasteiger partial charge is 0.250 e. The lowest BCUT2D eigenvalue weighted by molar-refractivity contribution is 0.569. The highest BCUT2D eigenvalue weighted by Gasteiger charge is 2.20. The Morgan fingerprint density at radius 1 is 1.24 bits per heavy atom. The van der Waals surface area contributed by atoms with Crippen LogP contribution in [-0.2, 0) is 16.6 Å². The van der Waals surface area contributed by atoms with E-state index in [0.717, 1.165) is 11.1 Å². The Labute approximate surface area is 134 Å². The van der Waals surface area contributed by atoms with Crippen LogP contribution in [0.25, 0.3) is 0 Å². The van der Waals surface area contributed by atoms with Crippen LogP contribution in [0.1, 0.15) is 37.9 Å². The van der Waals surface area contributed by atoms with Gasteiger partial charge in [-0.15, -0.1) is 11.3 Å². The molecule has 0 spiro atoms. The predicted octanol–water partition coefficient (Wildman–Crippen LogP) is 3.35. The van der Waals surface area contributed by atoms with Gasteiger partial charge in [0.1, 0.15) is 4.21 Å². The molecule has 0 saturated carbocycles. The molecule has 0 fully saturated rings. The van der Waals surface area contributed by atoms with E-state index in [1.807, 2.05) is 29.1 Å². The van der Waals surface area contributed by atoms with E-state index < -0.39 is 10.0 Å². The zero-order valence-electron chi connectivity index (χ0n) is 12.3. The van der Waals surface area contributed by atoms with E-state index in [0.29, 0.717) is 16.8 Å². The average molecular weight is 345 g/mol. The van der Waals surface area contributed by atoms with Crippen molar-refractivity contribution in [1.82, 2.24) is 10.0 Å². The molecular weight excluding hydrogens is 324 g/mol. The standard InChI is InChI=1S/C14H20N2O2S3/c1-10(2)15-7-12-6-14(20-8-12)21(17,18)16-11(3)13-4-5-19-9-13/h4-6,8-11,15-16H,7H2,1-3H3. The minimum absolute atomic E-state index is 0.222. The lowest BCUT2D eigenvalue weighted by Crippen LogP contribution is -2.26. The van der Waals surface area contributed by atoms with Crippen LogP contribution in [0.15, 0.2) is 32.5 Å². The highest BCUT2D eigenvalue weighted by Crippen LogP contribution is 2.23. The second-order valence-corrected chi connectivity index (χ2v) is 8.84. The lowest BCUT2D eigenvalue weighted by Gasteiger charge is -2.11. The molecule has 1 unspecified atom stereocenters. The third kappa shape index (κ3) is 4.62. The van der Waals surface area contributed by atoms with E-state index in [2.05, 4.69) is 23.9 Å². The van der Waals surface area contributed by atoms with Gasteiger partial charge in [-0.3, -0.25) is 0 Å². The molecule has 7 heteroatoms. The maximum absolute atomic E-state index is 12.4.